The fourth-order valence-electron chi connectivity index (χ4n) is 2.66. The molecule has 0 fully saturated rings. The van der Waals surface area contributed by atoms with E-state index in [0.717, 1.165) is 16.9 Å². The number of carbonyl (C=O) groups is 1. The molecule has 0 saturated heterocycles. The van der Waals surface area contributed by atoms with Gasteiger partial charge in [-0.15, -0.1) is 11.3 Å². The van der Waals surface area contributed by atoms with Crippen molar-refractivity contribution in [3.05, 3.63) is 53.0 Å². The number of carbonyl (C=O) groups excluding carboxylic acids is 1. The fourth-order valence-corrected chi connectivity index (χ4v) is 4.61. The smallest absolute Gasteiger partial charge is 0.275 e. The summed E-state index contributed by atoms with van der Waals surface area (Å²) in [6.07, 6.45) is 0. The highest BCUT2D eigenvalue weighted by Crippen LogP contribution is 2.40. The van der Waals surface area contributed by atoms with Gasteiger partial charge in [0.15, 0.2) is 16.6 Å². The third-order valence-electron chi connectivity index (χ3n) is 4.21. The summed E-state index contributed by atoms with van der Waals surface area (Å²) in [4.78, 5) is 16.8. The van der Waals surface area contributed by atoms with Crippen molar-refractivity contribution in [2.45, 2.75) is 11.8 Å². The molecular weight excluding hydrogens is 442 g/mol. The van der Waals surface area contributed by atoms with E-state index in [1.165, 1.54) is 38.8 Å². The monoisotopic (exact) mass is 463 g/mol. The summed E-state index contributed by atoms with van der Waals surface area (Å²) in [5.74, 6) is 0.625. The number of methoxy groups -OCH3 is 3. The number of ether oxygens (including phenoxy) is 3. The lowest BCUT2D eigenvalue weighted by atomic mass is 10.2. The van der Waals surface area contributed by atoms with Crippen LogP contribution in [-0.2, 0) is 10.0 Å². The lowest BCUT2D eigenvalue weighted by Crippen LogP contribution is -2.15. The van der Waals surface area contributed by atoms with E-state index in [0.29, 0.717) is 22.9 Å². The van der Waals surface area contributed by atoms with Crippen molar-refractivity contribution in [2.75, 3.05) is 31.4 Å². The van der Waals surface area contributed by atoms with Crippen LogP contribution in [0.25, 0.3) is 0 Å². The first kappa shape index (κ1) is 22.4. The summed E-state index contributed by atoms with van der Waals surface area (Å²) >= 11 is 1.00. The van der Waals surface area contributed by atoms with Crippen molar-refractivity contribution in [1.29, 1.82) is 0 Å². The summed E-state index contributed by atoms with van der Waals surface area (Å²) in [7, 11) is 0.607. The van der Waals surface area contributed by atoms with E-state index in [1.807, 2.05) is 6.92 Å². The van der Waals surface area contributed by atoms with Crippen molar-refractivity contribution in [1.82, 2.24) is 4.98 Å². The number of nitrogens with zero attached hydrogens (tertiary/aromatic N) is 1. The number of aromatic nitrogens is 1. The van der Waals surface area contributed by atoms with Gasteiger partial charge in [-0.2, -0.15) is 0 Å². The van der Waals surface area contributed by atoms with Crippen LogP contribution in [0.15, 0.2) is 46.7 Å². The molecule has 0 aliphatic carbocycles. The zero-order chi connectivity index (χ0) is 22.6. The number of sulfonamides is 1. The average molecular weight is 464 g/mol. The van der Waals surface area contributed by atoms with Crippen molar-refractivity contribution in [3.63, 3.8) is 0 Å². The first-order valence-electron chi connectivity index (χ1n) is 8.93. The minimum Gasteiger partial charge on any atom is -0.493 e. The molecule has 0 spiro atoms. The standard InChI is InChI=1S/C20H21N3O6S2/c1-12-5-7-14(8-6-12)31(25,26)23-20-22-15(11-30-20)19(24)21-13-9-16(27-2)18(29-4)17(10-13)28-3/h5-11H,1-4H3,(H,21,24)(H,22,23). The Morgan fingerprint density at radius 3 is 2.16 bits per heavy atom. The van der Waals surface area contributed by atoms with Crippen LogP contribution in [0, 0.1) is 6.92 Å². The van der Waals surface area contributed by atoms with Crippen LogP contribution < -0.4 is 24.2 Å². The highest BCUT2D eigenvalue weighted by atomic mass is 32.2. The number of thiazole rings is 1. The Balaban J connectivity index is 1.77. The summed E-state index contributed by atoms with van der Waals surface area (Å²) < 4.78 is 43.2. The average Bonchev–Trinajstić information content (AvgIpc) is 3.21. The molecule has 9 nitrogen and oxygen atoms in total. The Labute approximate surface area is 184 Å². The predicted molar refractivity (Wildman–Crippen MR) is 118 cm³/mol. The number of anilines is 2. The second-order valence-electron chi connectivity index (χ2n) is 6.32. The summed E-state index contributed by atoms with van der Waals surface area (Å²) in [5.41, 5.74) is 1.40. The molecule has 0 bridgehead atoms. The Hall–Kier alpha value is -3.31. The van der Waals surface area contributed by atoms with Gasteiger partial charge in [-0.1, -0.05) is 17.7 Å². The van der Waals surface area contributed by atoms with Gasteiger partial charge in [0.25, 0.3) is 15.9 Å². The Bertz CT molecular complexity index is 1160. The summed E-state index contributed by atoms with van der Waals surface area (Å²) in [6.45, 7) is 1.86. The molecule has 1 heterocycles. The van der Waals surface area contributed by atoms with Crippen molar-refractivity contribution >= 4 is 38.1 Å². The molecule has 2 aromatic carbocycles. The fraction of sp³-hybridized carbons (Fsp3) is 0.200. The molecule has 0 aliphatic heterocycles. The van der Waals surface area contributed by atoms with E-state index in [2.05, 4.69) is 15.0 Å². The van der Waals surface area contributed by atoms with Gasteiger partial charge in [-0.3, -0.25) is 9.52 Å². The normalized spacial score (nSPS) is 11.0. The van der Waals surface area contributed by atoms with Crippen LogP contribution >= 0.6 is 11.3 Å². The maximum absolute atomic E-state index is 12.6. The molecular formula is C20H21N3O6S2. The lowest BCUT2D eigenvalue weighted by molar-refractivity contribution is 0.102. The largest absolute Gasteiger partial charge is 0.493 e. The SMILES string of the molecule is COc1cc(NC(=O)c2csc(NS(=O)(=O)c3ccc(C)cc3)n2)cc(OC)c1OC. The first-order chi connectivity index (χ1) is 14.8. The molecule has 11 heteroatoms. The van der Waals surface area contributed by atoms with Crippen LogP contribution in [0.3, 0.4) is 0 Å². The van der Waals surface area contributed by atoms with E-state index >= 15 is 0 Å². The maximum Gasteiger partial charge on any atom is 0.275 e. The van der Waals surface area contributed by atoms with Crippen molar-refractivity contribution < 1.29 is 27.4 Å². The van der Waals surface area contributed by atoms with Gasteiger partial charge >= 0.3 is 0 Å². The van der Waals surface area contributed by atoms with Gasteiger partial charge < -0.3 is 19.5 Å². The maximum atomic E-state index is 12.6. The highest BCUT2D eigenvalue weighted by Gasteiger charge is 2.19. The predicted octanol–water partition coefficient (Wildman–Crippen LogP) is 3.53. The van der Waals surface area contributed by atoms with Gasteiger partial charge in [0.1, 0.15) is 5.69 Å². The van der Waals surface area contributed by atoms with E-state index in [4.69, 9.17) is 14.2 Å². The molecule has 0 unspecified atom stereocenters. The number of hydrogen-bond acceptors (Lipinski definition) is 8. The zero-order valence-electron chi connectivity index (χ0n) is 17.3. The van der Waals surface area contributed by atoms with Gasteiger partial charge in [-0.25, -0.2) is 13.4 Å². The minimum absolute atomic E-state index is 0.0559. The molecule has 0 atom stereocenters. The van der Waals surface area contributed by atoms with Gasteiger partial charge in [0, 0.05) is 23.2 Å². The number of amides is 1. The Kier molecular flexibility index (Phi) is 6.66. The topological polar surface area (TPSA) is 116 Å². The van der Waals surface area contributed by atoms with Crippen LogP contribution in [0.4, 0.5) is 10.8 Å². The van der Waals surface area contributed by atoms with Crippen molar-refractivity contribution in [2.24, 2.45) is 0 Å². The highest BCUT2D eigenvalue weighted by molar-refractivity contribution is 7.93. The van der Waals surface area contributed by atoms with Gasteiger partial charge in [-0.05, 0) is 19.1 Å². The molecule has 164 valence electrons. The van der Waals surface area contributed by atoms with E-state index in [9.17, 15) is 13.2 Å². The molecule has 1 aromatic heterocycles. The van der Waals surface area contributed by atoms with E-state index in [-0.39, 0.29) is 15.7 Å². The number of benzene rings is 2. The molecule has 2 N–H and O–H groups in total. The summed E-state index contributed by atoms with van der Waals surface area (Å²) in [5, 5.41) is 4.22. The number of rotatable bonds is 8. The molecule has 0 radical (unpaired) electrons. The molecule has 31 heavy (non-hydrogen) atoms. The van der Waals surface area contributed by atoms with Gasteiger partial charge in [0.2, 0.25) is 5.75 Å². The second-order valence-corrected chi connectivity index (χ2v) is 8.87. The third kappa shape index (κ3) is 5.06. The van der Waals surface area contributed by atoms with E-state index < -0.39 is 15.9 Å². The van der Waals surface area contributed by atoms with Crippen LogP contribution in [0.5, 0.6) is 17.2 Å². The van der Waals surface area contributed by atoms with E-state index in [1.54, 1.807) is 24.3 Å². The second kappa shape index (κ2) is 9.23. The van der Waals surface area contributed by atoms with Crippen LogP contribution in [0.2, 0.25) is 0 Å². The Morgan fingerprint density at radius 2 is 1.61 bits per heavy atom. The quantitative estimate of drug-likeness (QED) is 0.525. The lowest BCUT2D eigenvalue weighted by Gasteiger charge is -2.14. The third-order valence-corrected chi connectivity index (χ3v) is 6.45. The molecule has 0 saturated carbocycles. The number of hydrogen-bond donors (Lipinski definition) is 2. The van der Waals surface area contributed by atoms with Crippen molar-refractivity contribution in [3.8, 4) is 17.2 Å². The Morgan fingerprint density at radius 1 is 1.00 bits per heavy atom. The number of aryl methyl sites for hydroxylation is 1. The van der Waals surface area contributed by atoms with Crippen LogP contribution in [0.1, 0.15) is 16.1 Å². The number of nitrogens with one attached hydrogen (secondary N) is 2. The molecule has 3 rings (SSSR count). The zero-order valence-corrected chi connectivity index (χ0v) is 18.9. The molecule has 0 aliphatic rings. The van der Waals surface area contributed by atoms with Crippen LogP contribution in [-0.4, -0.2) is 40.6 Å². The summed E-state index contributed by atoms with van der Waals surface area (Å²) in [6, 6.07) is 9.56. The molecule has 1 amide bonds. The minimum atomic E-state index is -3.81. The first-order valence-corrected chi connectivity index (χ1v) is 11.3. The van der Waals surface area contributed by atoms with Gasteiger partial charge in [0.05, 0.1) is 26.2 Å². The molecule has 3 aromatic rings.